The third-order valence-electron chi connectivity index (χ3n) is 1.98. The van der Waals surface area contributed by atoms with E-state index in [9.17, 15) is 0 Å². The number of aryl methyl sites for hydroxylation is 2. The van der Waals surface area contributed by atoms with Gasteiger partial charge in [0, 0.05) is 25.7 Å². The molecule has 0 aliphatic heterocycles. The Balaban J connectivity index is 2.53. The topological polar surface area (TPSA) is 21.1 Å². The first-order valence-electron chi connectivity index (χ1n) is 4.24. The van der Waals surface area contributed by atoms with Crippen molar-refractivity contribution in [2.24, 2.45) is 7.05 Å². The summed E-state index contributed by atoms with van der Waals surface area (Å²) in [7, 11) is 6.14. The van der Waals surface area contributed by atoms with E-state index in [-0.39, 0.29) is 0 Å². The molecule has 0 bridgehead atoms. The molecule has 0 atom stereocenters. The molecule has 0 spiro atoms. The Kier molecular flexibility index (Phi) is 2.87. The minimum absolute atomic E-state index is 1.04. The van der Waals surface area contributed by atoms with Gasteiger partial charge in [0.05, 0.1) is 5.69 Å². The van der Waals surface area contributed by atoms with Crippen LogP contribution in [0.25, 0.3) is 0 Å². The van der Waals surface area contributed by atoms with Gasteiger partial charge in [0.25, 0.3) is 0 Å². The molecular weight excluding hydrogens is 150 g/mol. The Morgan fingerprint density at radius 3 is 2.58 bits per heavy atom. The fourth-order valence-corrected chi connectivity index (χ4v) is 1.10. The average Bonchev–Trinajstić information content (AvgIpc) is 2.28. The minimum atomic E-state index is 1.04. The predicted molar refractivity (Wildman–Crippen MR) is 50.2 cm³/mol. The lowest BCUT2D eigenvalue weighted by molar-refractivity contribution is 0.411. The molecule has 0 radical (unpaired) electrons. The van der Waals surface area contributed by atoms with Gasteiger partial charge in [-0.15, -0.1) is 0 Å². The molecule has 0 aromatic carbocycles. The van der Waals surface area contributed by atoms with E-state index in [0.717, 1.165) is 13.0 Å². The predicted octanol–water partition coefficient (Wildman–Crippen LogP) is 0.833. The molecule has 0 aliphatic rings. The van der Waals surface area contributed by atoms with Gasteiger partial charge in [0.2, 0.25) is 0 Å². The highest BCUT2D eigenvalue weighted by Gasteiger charge is 2.00. The zero-order chi connectivity index (χ0) is 9.14. The van der Waals surface area contributed by atoms with E-state index >= 15 is 0 Å². The summed E-state index contributed by atoms with van der Waals surface area (Å²) in [6.07, 6.45) is 1.04. The highest BCUT2D eigenvalue weighted by Crippen LogP contribution is 2.01. The highest BCUT2D eigenvalue weighted by molar-refractivity contribution is 5.08. The van der Waals surface area contributed by atoms with E-state index < -0.39 is 0 Å². The SMILES string of the molecule is Cc1cc(CCN(C)C)nn1C. The number of likely N-dealkylation sites (N-methyl/N-ethyl adjacent to an activating group) is 1. The van der Waals surface area contributed by atoms with Crippen LogP contribution in [0, 0.1) is 6.92 Å². The Morgan fingerprint density at radius 2 is 2.17 bits per heavy atom. The fourth-order valence-electron chi connectivity index (χ4n) is 1.10. The van der Waals surface area contributed by atoms with E-state index in [1.807, 2.05) is 11.7 Å². The molecular formula is C9H17N3. The van der Waals surface area contributed by atoms with E-state index in [1.54, 1.807) is 0 Å². The van der Waals surface area contributed by atoms with Gasteiger partial charge in [0.15, 0.2) is 0 Å². The van der Waals surface area contributed by atoms with Crippen molar-refractivity contribution in [1.29, 1.82) is 0 Å². The molecule has 3 nitrogen and oxygen atoms in total. The van der Waals surface area contributed by atoms with E-state index in [2.05, 4.69) is 37.1 Å². The lowest BCUT2D eigenvalue weighted by atomic mass is 10.3. The summed E-state index contributed by atoms with van der Waals surface area (Å²) in [5, 5.41) is 4.37. The van der Waals surface area contributed by atoms with Crippen LogP contribution >= 0.6 is 0 Å². The summed E-state index contributed by atoms with van der Waals surface area (Å²) >= 11 is 0. The first-order chi connectivity index (χ1) is 5.59. The summed E-state index contributed by atoms with van der Waals surface area (Å²) in [6, 6.07) is 2.14. The third kappa shape index (κ3) is 2.34. The van der Waals surface area contributed by atoms with Crippen LogP contribution in [-0.4, -0.2) is 35.3 Å². The van der Waals surface area contributed by atoms with Crippen molar-refractivity contribution in [1.82, 2.24) is 14.7 Å². The van der Waals surface area contributed by atoms with Gasteiger partial charge < -0.3 is 4.90 Å². The monoisotopic (exact) mass is 167 g/mol. The zero-order valence-electron chi connectivity index (χ0n) is 8.33. The molecule has 0 saturated heterocycles. The summed E-state index contributed by atoms with van der Waals surface area (Å²) in [4.78, 5) is 2.17. The fraction of sp³-hybridized carbons (Fsp3) is 0.667. The quantitative estimate of drug-likeness (QED) is 0.665. The Hall–Kier alpha value is -0.830. The van der Waals surface area contributed by atoms with Crippen LogP contribution < -0.4 is 0 Å². The van der Waals surface area contributed by atoms with Gasteiger partial charge in [-0.1, -0.05) is 0 Å². The molecule has 0 unspecified atom stereocenters. The molecule has 0 amide bonds. The molecule has 0 aliphatic carbocycles. The molecule has 12 heavy (non-hydrogen) atoms. The summed E-state index contributed by atoms with van der Waals surface area (Å²) in [6.45, 7) is 3.14. The first kappa shape index (κ1) is 9.26. The maximum absolute atomic E-state index is 4.37. The number of aromatic nitrogens is 2. The minimum Gasteiger partial charge on any atom is -0.309 e. The number of hydrogen-bond donors (Lipinski definition) is 0. The largest absolute Gasteiger partial charge is 0.309 e. The van der Waals surface area contributed by atoms with Crippen LogP contribution in [0.4, 0.5) is 0 Å². The van der Waals surface area contributed by atoms with Crippen LogP contribution in [0.5, 0.6) is 0 Å². The van der Waals surface area contributed by atoms with Gasteiger partial charge in [-0.3, -0.25) is 4.68 Å². The van der Waals surface area contributed by atoms with Crippen LogP contribution in [0.3, 0.4) is 0 Å². The number of rotatable bonds is 3. The van der Waals surface area contributed by atoms with Crippen LogP contribution in [0.2, 0.25) is 0 Å². The van der Waals surface area contributed by atoms with E-state index in [4.69, 9.17) is 0 Å². The van der Waals surface area contributed by atoms with E-state index in [0.29, 0.717) is 0 Å². The summed E-state index contributed by atoms with van der Waals surface area (Å²) in [5.41, 5.74) is 2.41. The maximum atomic E-state index is 4.37. The van der Waals surface area contributed by atoms with Crippen molar-refractivity contribution in [3.8, 4) is 0 Å². The molecule has 0 saturated carbocycles. The zero-order valence-corrected chi connectivity index (χ0v) is 8.33. The van der Waals surface area contributed by atoms with Gasteiger partial charge in [-0.25, -0.2) is 0 Å². The van der Waals surface area contributed by atoms with Crippen molar-refractivity contribution in [3.63, 3.8) is 0 Å². The Labute approximate surface area is 74.0 Å². The van der Waals surface area contributed by atoms with Crippen LogP contribution in [0.1, 0.15) is 11.4 Å². The van der Waals surface area contributed by atoms with Crippen molar-refractivity contribution in [3.05, 3.63) is 17.5 Å². The van der Waals surface area contributed by atoms with E-state index in [1.165, 1.54) is 11.4 Å². The normalized spacial score (nSPS) is 11.1. The van der Waals surface area contributed by atoms with Gasteiger partial charge in [-0.2, -0.15) is 5.10 Å². The van der Waals surface area contributed by atoms with Crippen molar-refractivity contribution in [2.75, 3.05) is 20.6 Å². The Morgan fingerprint density at radius 1 is 1.50 bits per heavy atom. The molecule has 3 heteroatoms. The second-order valence-corrected chi connectivity index (χ2v) is 3.45. The highest BCUT2D eigenvalue weighted by atomic mass is 15.3. The molecule has 68 valence electrons. The molecule has 0 fully saturated rings. The molecule has 1 aromatic heterocycles. The van der Waals surface area contributed by atoms with Gasteiger partial charge >= 0.3 is 0 Å². The third-order valence-corrected chi connectivity index (χ3v) is 1.98. The molecule has 1 heterocycles. The molecule has 1 aromatic rings. The Bertz CT molecular complexity index is 231. The lowest BCUT2D eigenvalue weighted by Gasteiger charge is -2.06. The number of nitrogens with zero attached hydrogens (tertiary/aromatic N) is 3. The molecule has 1 rings (SSSR count). The van der Waals surface area contributed by atoms with Crippen molar-refractivity contribution < 1.29 is 0 Å². The van der Waals surface area contributed by atoms with Crippen molar-refractivity contribution >= 4 is 0 Å². The van der Waals surface area contributed by atoms with Crippen molar-refractivity contribution in [2.45, 2.75) is 13.3 Å². The summed E-state index contributed by atoms with van der Waals surface area (Å²) < 4.78 is 1.92. The lowest BCUT2D eigenvalue weighted by Crippen LogP contribution is -2.15. The second kappa shape index (κ2) is 3.72. The average molecular weight is 167 g/mol. The van der Waals surface area contributed by atoms with Crippen LogP contribution in [0.15, 0.2) is 6.07 Å². The first-order valence-corrected chi connectivity index (χ1v) is 4.24. The summed E-state index contributed by atoms with van der Waals surface area (Å²) in [5.74, 6) is 0. The smallest absolute Gasteiger partial charge is 0.0640 e. The number of hydrogen-bond acceptors (Lipinski definition) is 2. The van der Waals surface area contributed by atoms with Crippen LogP contribution in [-0.2, 0) is 13.5 Å². The second-order valence-electron chi connectivity index (χ2n) is 3.45. The standard InChI is InChI=1S/C9H17N3/c1-8-7-9(10-12(8)4)5-6-11(2)3/h7H,5-6H2,1-4H3. The van der Waals surface area contributed by atoms with Gasteiger partial charge in [-0.05, 0) is 27.1 Å². The maximum Gasteiger partial charge on any atom is 0.0640 e. The molecule has 0 N–H and O–H groups in total. The van der Waals surface area contributed by atoms with Gasteiger partial charge in [0.1, 0.15) is 0 Å².